The summed E-state index contributed by atoms with van der Waals surface area (Å²) < 4.78 is 0. The first-order valence-corrected chi connectivity index (χ1v) is 7.26. The predicted octanol–water partition coefficient (Wildman–Crippen LogP) is 3.63. The molecular formula is C14H23NS. The van der Waals surface area contributed by atoms with Crippen molar-refractivity contribution >= 4 is 11.3 Å². The van der Waals surface area contributed by atoms with Gasteiger partial charge in [0.05, 0.1) is 0 Å². The Morgan fingerprint density at radius 3 is 2.50 bits per heavy atom. The molecule has 16 heavy (non-hydrogen) atoms. The maximum Gasteiger partial charge on any atom is 0.00541 e. The lowest BCUT2D eigenvalue weighted by Gasteiger charge is -2.17. The van der Waals surface area contributed by atoms with E-state index in [2.05, 4.69) is 38.2 Å². The van der Waals surface area contributed by atoms with E-state index in [0.717, 1.165) is 0 Å². The molecule has 2 heteroatoms. The fraction of sp³-hybridized carbons (Fsp3) is 0.714. The van der Waals surface area contributed by atoms with E-state index in [-0.39, 0.29) is 0 Å². The highest BCUT2D eigenvalue weighted by Crippen LogP contribution is 2.48. The molecule has 2 rings (SSSR count). The molecule has 0 amide bonds. The van der Waals surface area contributed by atoms with Crippen molar-refractivity contribution in [3.8, 4) is 0 Å². The van der Waals surface area contributed by atoms with Crippen LogP contribution in [-0.2, 0) is 12.8 Å². The van der Waals surface area contributed by atoms with Crippen molar-refractivity contribution in [2.45, 2.75) is 52.5 Å². The van der Waals surface area contributed by atoms with Crippen LogP contribution < -0.4 is 5.32 Å². The molecule has 1 saturated carbocycles. The zero-order chi connectivity index (χ0) is 11.6. The van der Waals surface area contributed by atoms with E-state index in [4.69, 9.17) is 0 Å². The quantitative estimate of drug-likeness (QED) is 0.796. The average Bonchev–Trinajstić information content (AvgIpc) is 2.86. The highest BCUT2D eigenvalue weighted by molar-refractivity contribution is 7.11. The van der Waals surface area contributed by atoms with Crippen molar-refractivity contribution < 1.29 is 0 Å². The van der Waals surface area contributed by atoms with E-state index < -0.39 is 0 Å². The topological polar surface area (TPSA) is 12.0 Å². The van der Waals surface area contributed by atoms with Crippen molar-refractivity contribution in [2.75, 3.05) is 6.54 Å². The van der Waals surface area contributed by atoms with Crippen LogP contribution >= 0.6 is 11.3 Å². The molecule has 1 nitrogen and oxygen atoms in total. The number of nitrogens with one attached hydrogen (secondary N) is 1. The molecule has 1 fully saturated rings. The lowest BCUT2D eigenvalue weighted by Crippen LogP contribution is -2.30. The Morgan fingerprint density at radius 1 is 1.31 bits per heavy atom. The molecule has 1 aromatic heterocycles. The fourth-order valence-corrected chi connectivity index (χ4v) is 3.22. The monoisotopic (exact) mass is 237 g/mol. The van der Waals surface area contributed by atoms with Gasteiger partial charge in [-0.1, -0.05) is 20.8 Å². The minimum Gasteiger partial charge on any atom is -0.314 e. The van der Waals surface area contributed by atoms with Crippen LogP contribution in [0.15, 0.2) is 12.1 Å². The van der Waals surface area contributed by atoms with Crippen LogP contribution in [0.25, 0.3) is 0 Å². The first-order chi connectivity index (χ1) is 7.63. The summed E-state index contributed by atoms with van der Waals surface area (Å²) in [6.45, 7) is 7.90. The highest BCUT2D eigenvalue weighted by atomic mass is 32.1. The third-order valence-corrected chi connectivity index (χ3v) is 4.69. The van der Waals surface area contributed by atoms with E-state index >= 15 is 0 Å². The van der Waals surface area contributed by atoms with E-state index in [9.17, 15) is 0 Å². The molecule has 90 valence electrons. The standard InChI is InChI=1S/C14H23NS/c1-4-12-5-6-13(16-12)9-14(7-8-14)10-15-11(2)3/h5-6,11,15H,4,7-10H2,1-3H3. The molecule has 0 radical (unpaired) electrons. The minimum absolute atomic E-state index is 0.597. The van der Waals surface area contributed by atoms with Crippen LogP contribution in [0, 0.1) is 5.41 Å². The molecule has 1 heterocycles. The summed E-state index contributed by atoms with van der Waals surface area (Å²) in [6, 6.07) is 5.25. The third-order valence-electron chi connectivity index (χ3n) is 3.46. The Hall–Kier alpha value is -0.340. The SMILES string of the molecule is CCc1ccc(CC2(CNC(C)C)CC2)s1. The van der Waals surface area contributed by atoms with Gasteiger partial charge in [0.25, 0.3) is 0 Å². The number of hydrogen-bond donors (Lipinski definition) is 1. The molecule has 0 aliphatic heterocycles. The van der Waals surface area contributed by atoms with Crippen LogP contribution in [0.3, 0.4) is 0 Å². The molecule has 0 unspecified atom stereocenters. The van der Waals surface area contributed by atoms with Gasteiger partial charge in [-0.3, -0.25) is 0 Å². The normalized spacial score (nSPS) is 18.0. The first-order valence-electron chi connectivity index (χ1n) is 6.44. The van der Waals surface area contributed by atoms with Gasteiger partial charge >= 0.3 is 0 Å². The summed E-state index contributed by atoms with van der Waals surface area (Å²) in [5, 5.41) is 3.59. The first kappa shape index (κ1) is 12.1. The van der Waals surface area contributed by atoms with Gasteiger partial charge in [0.15, 0.2) is 0 Å². The Bertz CT molecular complexity index is 336. The average molecular weight is 237 g/mol. The van der Waals surface area contributed by atoms with Gasteiger partial charge in [0.1, 0.15) is 0 Å². The van der Waals surface area contributed by atoms with Crippen LogP contribution in [0.4, 0.5) is 0 Å². The number of rotatable bonds is 6. The summed E-state index contributed by atoms with van der Waals surface area (Å²) >= 11 is 2.01. The zero-order valence-corrected chi connectivity index (χ0v) is 11.5. The molecule has 1 aromatic rings. The summed E-state index contributed by atoms with van der Waals surface area (Å²) in [5.41, 5.74) is 0.597. The van der Waals surface area contributed by atoms with E-state index in [1.165, 1.54) is 37.1 Å². The van der Waals surface area contributed by atoms with Crippen molar-refractivity contribution in [1.82, 2.24) is 5.32 Å². The molecule has 1 aliphatic carbocycles. The van der Waals surface area contributed by atoms with Crippen LogP contribution in [0.1, 0.15) is 43.4 Å². The van der Waals surface area contributed by atoms with Gasteiger partial charge in [-0.25, -0.2) is 0 Å². The third kappa shape index (κ3) is 3.08. The fourth-order valence-electron chi connectivity index (χ4n) is 2.09. The van der Waals surface area contributed by atoms with Gasteiger partial charge < -0.3 is 5.32 Å². The highest BCUT2D eigenvalue weighted by Gasteiger charge is 2.42. The Morgan fingerprint density at radius 2 is 2.00 bits per heavy atom. The molecule has 0 saturated heterocycles. The van der Waals surface area contributed by atoms with Crippen LogP contribution in [0.5, 0.6) is 0 Å². The lowest BCUT2D eigenvalue weighted by molar-refractivity contribution is 0.432. The van der Waals surface area contributed by atoms with Crippen molar-refractivity contribution in [3.05, 3.63) is 21.9 Å². The zero-order valence-electron chi connectivity index (χ0n) is 10.7. The van der Waals surface area contributed by atoms with Crippen molar-refractivity contribution in [2.24, 2.45) is 5.41 Å². The maximum atomic E-state index is 3.59. The van der Waals surface area contributed by atoms with E-state index in [0.29, 0.717) is 11.5 Å². The maximum absolute atomic E-state index is 3.59. The molecule has 0 aromatic carbocycles. The van der Waals surface area contributed by atoms with Crippen molar-refractivity contribution in [1.29, 1.82) is 0 Å². The molecule has 1 N–H and O–H groups in total. The van der Waals surface area contributed by atoms with Crippen molar-refractivity contribution in [3.63, 3.8) is 0 Å². The van der Waals surface area contributed by atoms with Gasteiger partial charge in [-0.2, -0.15) is 0 Å². The van der Waals surface area contributed by atoms with E-state index in [1.54, 1.807) is 4.88 Å². The van der Waals surface area contributed by atoms with E-state index in [1.807, 2.05) is 11.3 Å². The second kappa shape index (κ2) is 4.89. The summed E-state index contributed by atoms with van der Waals surface area (Å²) in [4.78, 5) is 3.11. The predicted molar refractivity (Wildman–Crippen MR) is 72.2 cm³/mol. The molecule has 0 spiro atoms. The largest absolute Gasteiger partial charge is 0.314 e. The molecule has 0 atom stereocenters. The summed E-state index contributed by atoms with van der Waals surface area (Å²) in [6.07, 6.45) is 5.29. The summed E-state index contributed by atoms with van der Waals surface area (Å²) in [7, 11) is 0. The minimum atomic E-state index is 0.597. The second-order valence-corrected chi connectivity index (χ2v) is 6.69. The Kier molecular flexibility index (Phi) is 3.70. The number of thiophene rings is 1. The van der Waals surface area contributed by atoms with Gasteiger partial charge in [0.2, 0.25) is 0 Å². The van der Waals surface area contributed by atoms with Gasteiger partial charge in [-0.05, 0) is 43.2 Å². The number of aryl methyl sites for hydroxylation is 1. The molecular weight excluding hydrogens is 214 g/mol. The molecule has 1 aliphatic rings. The number of hydrogen-bond acceptors (Lipinski definition) is 2. The Balaban J connectivity index is 1.88. The van der Waals surface area contributed by atoms with Crippen LogP contribution in [0.2, 0.25) is 0 Å². The smallest absolute Gasteiger partial charge is 0.00541 e. The second-order valence-electron chi connectivity index (χ2n) is 5.43. The lowest BCUT2D eigenvalue weighted by atomic mass is 10.0. The molecule has 0 bridgehead atoms. The van der Waals surface area contributed by atoms with Gasteiger partial charge in [0, 0.05) is 22.3 Å². The van der Waals surface area contributed by atoms with Gasteiger partial charge in [-0.15, -0.1) is 11.3 Å². The summed E-state index contributed by atoms with van der Waals surface area (Å²) in [5.74, 6) is 0. The Labute approximate surface area is 103 Å². The van der Waals surface area contributed by atoms with Crippen LogP contribution in [-0.4, -0.2) is 12.6 Å².